The van der Waals surface area contributed by atoms with Crippen molar-refractivity contribution >= 4 is 0 Å². The predicted molar refractivity (Wildman–Crippen MR) is 117 cm³/mol. The molecule has 3 heterocycles. The van der Waals surface area contributed by atoms with Crippen molar-refractivity contribution < 1.29 is 27.0 Å². The van der Waals surface area contributed by atoms with E-state index in [1.54, 1.807) is 60.9 Å². The summed E-state index contributed by atoms with van der Waals surface area (Å²) >= 11 is 0. The van der Waals surface area contributed by atoms with Crippen molar-refractivity contribution in [3.8, 4) is 33.9 Å². The average Bonchev–Trinajstić information content (AvgIpc) is 3.25. The molecule has 0 aliphatic rings. The van der Waals surface area contributed by atoms with Crippen LogP contribution in [-0.2, 0) is 13.2 Å². The first-order valence-corrected chi connectivity index (χ1v) is 10.3. The Morgan fingerprint density at radius 2 is 1.59 bits per heavy atom. The normalized spacial score (nSPS) is 11.4. The van der Waals surface area contributed by atoms with Crippen LogP contribution in [0.5, 0.6) is 11.5 Å². The highest BCUT2D eigenvalue weighted by molar-refractivity contribution is 5.80. The Kier molecular flexibility index (Phi) is 7.05. The Bertz CT molecular complexity index is 1190. The summed E-state index contributed by atoms with van der Waals surface area (Å²) in [5, 5.41) is 4.19. The Labute approximate surface area is 192 Å². The first kappa shape index (κ1) is 23.2. The zero-order chi connectivity index (χ0) is 24.0. The maximum Gasteiger partial charge on any atom is 0.408 e. The van der Waals surface area contributed by atoms with Crippen LogP contribution in [0, 0.1) is 0 Å². The molecule has 3 aromatic heterocycles. The molecule has 0 saturated heterocycles. The van der Waals surface area contributed by atoms with Gasteiger partial charge in [-0.3, -0.25) is 14.6 Å². The van der Waals surface area contributed by atoms with Gasteiger partial charge in [-0.15, -0.1) is 0 Å². The van der Waals surface area contributed by atoms with Crippen LogP contribution in [0.15, 0.2) is 73.3 Å². The summed E-state index contributed by atoms with van der Waals surface area (Å²) in [5.41, 5.74) is 3.01. The number of hydrogen-bond acceptors (Lipinski definition) is 5. The van der Waals surface area contributed by atoms with Crippen molar-refractivity contribution in [2.75, 3.05) is 13.3 Å². The summed E-state index contributed by atoms with van der Waals surface area (Å²) in [6.07, 6.45) is 1.64. The standard InChI is InChI=1S/C24H20F4N4O2/c25-9-12-33-21-6-3-19(30-13-21)15-34-20-4-1-18(2-5-20)23-22(17-7-10-29-11-8-17)14-32(31-23)16-24(26,27)28/h1-8,10-11,13-14H,9,12,15-16H2. The van der Waals surface area contributed by atoms with Gasteiger partial charge in [-0.2, -0.15) is 18.3 Å². The van der Waals surface area contributed by atoms with Gasteiger partial charge in [-0.1, -0.05) is 0 Å². The molecule has 0 N–H and O–H groups in total. The SMILES string of the molecule is FCCOc1ccc(COc2ccc(-c3nn(CC(F)(F)F)cc3-c3ccncc3)cc2)nc1. The molecule has 0 atom stereocenters. The average molecular weight is 472 g/mol. The molecule has 0 aliphatic heterocycles. The van der Waals surface area contributed by atoms with Crippen molar-refractivity contribution in [1.82, 2.24) is 19.7 Å². The number of benzene rings is 1. The molecule has 4 rings (SSSR count). The predicted octanol–water partition coefficient (Wildman–Crippen LogP) is 5.50. The molecule has 0 aliphatic carbocycles. The van der Waals surface area contributed by atoms with E-state index < -0.39 is 19.4 Å². The number of alkyl halides is 4. The Morgan fingerprint density at radius 3 is 2.24 bits per heavy atom. The van der Waals surface area contributed by atoms with E-state index in [1.807, 2.05) is 0 Å². The Balaban J connectivity index is 1.49. The molecule has 0 amide bonds. The second-order valence-electron chi connectivity index (χ2n) is 7.28. The van der Waals surface area contributed by atoms with E-state index in [2.05, 4.69) is 15.1 Å². The fourth-order valence-corrected chi connectivity index (χ4v) is 3.25. The smallest absolute Gasteiger partial charge is 0.408 e. The minimum Gasteiger partial charge on any atom is -0.489 e. The molecule has 0 spiro atoms. The number of hydrogen-bond donors (Lipinski definition) is 0. The summed E-state index contributed by atoms with van der Waals surface area (Å²) in [5.74, 6) is 1.03. The maximum atomic E-state index is 12.9. The summed E-state index contributed by atoms with van der Waals surface area (Å²) in [7, 11) is 0. The van der Waals surface area contributed by atoms with Gasteiger partial charge < -0.3 is 9.47 Å². The lowest BCUT2D eigenvalue weighted by molar-refractivity contribution is -0.142. The molecule has 10 heteroatoms. The van der Waals surface area contributed by atoms with Crippen molar-refractivity contribution in [2.45, 2.75) is 19.3 Å². The van der Waals surface area contributed by atoms with E-state index in [9.17, 15) is 17.6 Å². The number of ether oxygens (including phenoxy) is 2. The summed E-state index contributed by atoms with van der Waals surface area (Å²) < 4.78 is 62.7. The van der Waals surface area contributed by atoms with Gasteiger partial charge in [0.25, 0.3) is 0 Å². The van der Waals surface area contributed by atoms with Gasteiger partial charge in [0.05, 0.1) is 11.9 Å². The van der Waals surface area contributed by atoms with E-state index >= 15 is 0 Å². The van der Waals surface area contributed by atoms with Gasteiger partial charge in [-0.05, 0) is 54.1 Å². The van der Waals surface area contributed by atoms with Gasteiger partial charge in [0.2, 0.25) is 0 Å². The van der Waals surface area contributed by atoms with E-state index in [4.69, 9.17) is 9.47 Å². The van der Waals surface area contributed by atoms with Crippen LogP contribution in [0.2, 0.25) is 0 Å². The first-order valence-electron chi connectivity index (χ1n) is 10.3. The Hall–Kier alpha value is -3.95. The minimum atomic E-state index is -4.39. The number of halogens is 4. The van der Waals surface area contributed by atoms with Crippen LogP contribution in [0.4, 0.5) is 17.6 Å². The van der Waals surface area contributed by atoms with Crippen LogP contribution in [0.25, 0.3) is 22.4 Å². The van der Waals surface area contributed by atoms with Crippen LogP contribution < -0.4 is 9.47 Å². The lowest BCUT2D eigenvalue weighted by Gasteiger charge is -2.08. The zero-order valence-electron chi connectivity index (χ0n) is 17.9. The molecule has 0 unspecified atom stereocenters. The van der Waals surface area contributed by atoms with E-state index in [1.165, 1.54) is 12.4 Å². The third-order valence-corrected chi connectivity index (χ3v) is 4.75. The maximum absolute atomic E-state index is 12.9. The Morgan fingerprint density at radius 1 is 0.853 bits per heavy atom. The van der Waals surface area contributed by atoms with Crippen LogP contribution >= 0.6 is 0 Å². The van der Waals surface area contributed by atoms with Gasteiger partial charge in [0.15, 0.2) is 0 Å². The summed E-state index contributed by atoms with van der Waals surface area (Å²) in [6, 6.07) is 13.7. The van der Waals surface area contributed by atoms with Gasteiger partial charge >= 0.3 is 6.18 Å². The molecule has 4 aromatic rings. The fraction of sp³-hybridized carbons (Fsp3) is 0.208. The molecule has 6 nitrogen and oxygen atoms in total. The van der Waals surface area contributed by atoms with E-state index in [-0.39, 0.29) is 13.2 Å². The zero-order valence-corrected chi connectivity index (χ0v) is 17.9. The van der Waals surface area contributed by atoms with Crippen molar-refractivity contribution in [1.29, 1.82) is 0 Å². The van der Waals surface area contributed by atoms with Crippen molar-refractivity contribution in [3.63, 3.8) is 0 Å². The quantitative estimate of drug-likeness (QED) is 0.301. The van der Waals surface area contributed by atoms with Crippen molar-refractivity contribution in [2.24, 2.45) is 0 Å². The third-order valence-electron chi connectivity index (χ3n) is 4.75. The number of nitrogens with zero attached hydrogens (tertiary/aromatic N) is 4. The lowest BCUT2D eigenvalue weighted by atomic mass is 10.0. The molecule has 0 bridgehead atoms. The largest absolute Gasteiger partial charge is 0.489 e. The summed E-state index contributed by atoms with van der Waals surface area (Å²) in [4.78, 5) is 8.17. The lowest BCUT2D eigenvalue weighted by Crippen LogP contribution is -2.17. The number of rotatable bonds is 9. The highest BCUT2D eigenvalue weighted by Gasteiger charge is 2.29. The van der Waals surface area contributed by atoms with Crippen LogP contribution in [0.1, 0.15) is 5.69 Å². The minimum absolute atomic E-state index is 0.0266. The molecule has 1 aromatic carbocycles. The molecular formula is C24H20F4N4O2. The molecule has 0 saturated carbocycles. The molecule has 0 fully saturated rings. The third kappa shape index (κ3) is 6.09. The van der Waals surface area contributed by atoms with Gasteiger partial charge in [0, 0.05) is 29.7 Å². The number of aromatic nitrogens is 4. The first-order chi connectivity index (χ1) is 16.4. The van der Waals surface area contributed by atoms with E-state index in [0.29, 0.717) is 39.6 Å². The topological polar surface area (TPSA) is 62.1 Å². The second kappa shape index (κ2) is 10.3. The monoisotopic (exact) mass is 472 g/mol. The molecule has 0 radical (unpaired) electrons. The van der Waals surface area contributed by atoms with Crippen LogP contribution in [-0.4, -0.2) is 39.2 Å². The van der Waals surface area contributed by atoms with Crippen molar-refractivity contribution in [3.05, 3.63) is 79.0 Å². The van der Waals surface area contributed by atoms with E-state index in [0.717, 1.165) is 4.68 Å². The van der Waals surface area contributed by atoms with Crippen LogP contribution in [0.3, 0.4) is 0 Å². The second-order valence-corrected chi connectivity index (χ2v) is 7.28. The summed E-state index contributed by atoms with van der Waals surface area (Å²) in [6.45, 7) is -1.59. The molecule has 34 heavy (non-hydrogen) atoms. The van der Waals surface area contributed by atoms with Gasteiger partial charge in [0.1, 0.15) is 43.6 Å². The highest BCUT2D eigenvalue weighted by atomic mass is 19.4. The molecular weight excluding hydrogens is 452 g/mol. The molecule has 176 valence electrons. The van der Waals surface area contributed by atoms with Gasteiger partial charge in [-0.25, -0.2) is 4.39 Å². The number of pyridine rings is 2. The fourth-order valence-electron chi connectivity index (χ4n) is 3.25. The highest BCUT2D eigenvalue weighted by Crippen LogP contribution is 2.32.